The maximum Gasteiger partial charge on any atom is 0.258 e. The van der Waals surface area contributed by atoms with Crippen LogP contribution in [0, 0.1) is 0 Å². The minimum Gasteiger partial charge on any atom is -0.351 e. The SMILES string of the molecule is CCCN1C(=S)NC(c2ccccc2)C(c2nc(-c3cccc(Cl)c3)no2)=C1C. The molecule has 0 saturated carbocycles. The molecule has 0 fully saturated rings. The number of nitrogens with zero attached hydrogens (tertiary/aromatic N) is 3. The molecule has 148 valence electrons. The summed E-state index contributed by atoms with van der Waals surface area (Å²) >= 11 is 11.8. The molecule has 29 heavy (non-hydrogen) atoms. The molecule has 4 rings (SSSR count). The van der Waals surface area contributed by atoms with Crippen molar-refractivity contribution in [3.8, 4) is 11.4 Å². The van der Waals surface area contributed by atoms with Gasteiger partial charge in [-0.15, -0.1) is 0 Å². The molecular formula is C22H21ClN4OS. The molecular weight excluding hydrogens is 404 g/mol. The van der Waals surface area contributed by atoms with Gasteiger partial charge < -0.3 is 14.7 Å². The zero-order chi connectivity index (χ0) is 20.4. The highest BCUT2D eigenvalue weighted by molar-refractivity contribution is 7.80. The van der Waals surface area contributed by atoms with Gasteiger partial charge in [0.25, 0.3) is 5.89 Å². The number of allylic oxidation sites excluding steroid dienone is 1. The van der Waals surface area contributed by atoms with Crippen molar-refractivity contribution < 1.29 is 4.52 Å². The first-order valence-corrected chi connectivity index (χ1v) is 10.3. The summed E-state index contributed by atoms with van der Waals surface area (Å²) in [6.07, 6.45) is 0.972. The van der Waals surface area contributed by atoms with E-state index >= 15 is 0 Å². The van der Waals surface area contributed by atoms with Gasteiger partial charge in [-0.3, -0.25) is 0 Å². The molecule has 2 aromatic carbocycles. The lowest BCUT2D eigenvalue weighted by Crippen LogP contribution is -2.46. The van der Waals surface area contributed by atoms with Gasteiger partial charge in [0.05, 0.1) is 11.6 Å². The van der Waals surface area contributed by atoms with E-state index in [1.807, 2.05) is 42.5 Å². The molecule has 1 atom stereocenters. The number of rotatable bonds is 5. The summed E-state index contributed by atoms with van der Waals surface area (Å²) in [5.41, 5.74) is 3.85. The van der Waals surface area contributed by atoms with Crippen molar-refractivity contribution in [3.05, 3.63) is 76.8 Å². The van der Waals surface area contributed by atoms with Crippen molar-refractivity contribution in [1.82, 2.24) is 20.4 Å². The summed E-state index contributed by atoms with van der Waals surface area (Å²) in [5.74, 6) is 0.979. The average Bonchev–Trinajstić information content (AvgIpc) is 3.21. The Bertz CT molecular complexity index is 1060. The van der Waals surface area contributed by atoms with E-state index in [1.165, 1.54) is 0 Å². The van der Waals surface area contributed by atoms with Gasteiger partial charge in [-0.1, -0.05) is 66.1 Å². The van der Waals surface area contributed by atoms with Gasteiger partial charge in [-0.05, 0) is 43.3 Å². The van der Waals surface area contributed by atoms with E-state index in [9.17, 15) is 0 Å². The topological polar surface area (TPSA) is 54.2 Å². The highest BCUT2D eigenvalue weighted by Gasteiger charge is 2.33. The van der Waals surface area contributed by atoms with Gasteiger partial charge in [0.15, 0.2) is 5.11 Å². The second-order valence-corrected chi connectivity index (χ2v) is 7.70. The van der Waals surface area contributed by atoms with Gasteiger partial charge in [0.1, 0.15) is 0 Å². The van der Waals surface area contributed by atoms with Crippen molar-refractivity contribution >= 4 is 34.5 Å². The molecule has 0 spiro atoms. The second kappa shape index (κ2) is 8.35. The number of thiocarbonyl (C=S) groups is 1. The fraction of sp³-hybridized carbons (Fsp3) is 0.227. The number of hydrogen-bond donors (Lipinski definition) is 1. The highest BCUT2D eigenvalue weighted by atomic mass is 35.5. The smallest absolute Gasteiger partial charge is 0.258 e. The molecule has 0 radical (unpaired) electrons. The summed E-state index contributed by atoms with van der Waals surface area (Å²) in [5, 5.41) is 8.99. The third kappa shape index (κ3) is 3.91. The number of hydrogen-bond acceptors (Lipinski definition) is 4. The lowest BCUT2D eigenvalue weighted by molar-refractivity contribution is 0.396. The maximum absolute atomic E-state index is 6.12. The third-order valence-electron chi connectivity index (χ3n) is 4.92. The molecule has 3 aromatic rings. The van der Waals surface area contributed by atoms with Gasteiger partial charge >= 0.3 is 0 Å². The van der Waals surface area contributed by atoms with Crippen molar-refractivity contribution in [1.29, 1.82) is 0 Å². The molecule has 0 saturated heterocycles. The fourth-order valence-corrected chi connectivity index (χ4v) is 4.06. The Morgan fingerprint density at radius 1 is 1.17 bits per heavy atom. The Labute approximate surface area is 180 Å². The Morgan fingerprint density at radius 3 is 2.69 bits per heavy atom. The van der Waals surface area contributed by atoms with E-state index in [2.05, 4.69) is 46.3 Å². The predicted octanol–water partition coefficient (Wildman–Crippen LogP) is 5.46. The standard InChI is InChI=1S/C22H21ClN4OS/c1-3-12-27-14(2)18(19(24-22(27)29)15-8-5-4-6-9-15)21-25-20(26-28-21)16-10-7-11-17(23)13-16/h4-11,13,19H,3,12H2,1-2H3,(H,24,29). The Hall–Kier alpha value is -2.70. The lowest BCUT2D eigenvalue weighted by atomic mass is 9.95. The van der Waals surface area contributed by atoms with Crippen molar-refractivity contribution in [2.45, 2.75) is 26.3 Å². The lowest BCUT2D eigenvalue weighted by Gasteiger charge is -2.37. The summed E-state index contributed by atoms with van der Waals surface area (Å²) in [7, 11) is 0. The van der Waals surface area contributed by atoms with Crippen LogP contribution in [0.15, 0.2) is 64.8 Å². The van der Waals surface area contributed by atoms with Crippen LogP contribution in [0.5, 0.6) is 0 Å². The molecule has 1 aliphatic rings. The molecule has 7 heteroatoms. The molecule has 5 nitrogen and oxygen atoms in total. The molecule has 0 aliphatic carbocycles. The Morgan fingerprint density at radius 2 is 1.97 bits per heavy atom. The monoisotopic (exact) mass is 424 g/mol. The first-order valence-electron chi connectivity index (χ1n) is 9.52. The third-order valence-corrected chi connectivity index (χ3v) is 5.49. The number of benzene rings is 2. The van der Waals surface area contributed by atoms with E-state index in [0.29, 0.717) is 21.9 Å². The summed E-state index contributed by atoms with van der Waals surface area (Å²) in [6, 6.07) is 17.4. The maximum atomic E-state index is 6.12. The van der Waals surface area contributed by atoms with Crippen LogP contribution in [0.1, 0.15) is 37.8 Å². The van der Waals surface area contributed by atoms with Crippen molar-refractivity contribution in [3.63, 3.8) is 0 Å². The summed E-state index contributed by atoms with van der Waals surface area (Å²) < 4.78 is 5.71. The van der Waals surface area contributed by atoms with Crippen LogP contribution in [0.3, 0.4) is 0 Å². The number of aromatic nitrogens is 2. The minimum absolute atomic E-state index is 0.163. The van der Waals surface area contributed by atoms with Crippen LogP contribution in [0.25, 0.3) is 17.0 Å². The van der Waals surface area contributed by atoms with Crippen molar-refractivity contribution in [2.24, 2.45) is 0 Å². The van der Waals surface area contributed by atoms with E-state index in [1.54, 1.807) is 0 Å². The molecule has 1 unspecified atom stereocenters. The van der Waals surface area contributed by atoms with E-state index in [-0.39, 0.29) is 6.04 Å². The van der Waals surface area contributed by atoms with Gasteiger partial charge in [0.2, 0.25) is 5.82 Å². The van der Waals surface area contributed by atoms with Gasteiger partial charge in [-0.25, -0.2) is 0 Å². The normalized spacial score (nSPS) is 16.9. The predicted molar refractivity (Wildman–Crippen MR) is 119 cm³/mol. The number of nitrogens with one attached hydrogen (secondary N) is 1. The molecule has 1 aliphatic heterocycles. The average molecular weight is 425 g/mol. The van der Waals surface area contributed by atoms with E-state index in [4.69, 9.17) is 28.3 Å². The van der Waals surface area contributed by atoms with Crippen LogP contribution >= 0.6 is 23.8 Å². The first kappa shape index (κ1) is 19.6. The number of halogens is 1. The molecule has 0 amide bonds. The van der Waals surface area contributed by atoms with Gasteiger partial charge in [-0.2, -0.15) is 4.98 Å². The summed E-state index contributed by atoms with van der Waals surface area (Å²) in [4.78, 5) is 6.78. The zero-order valence-electron chi connectivity index (χ0n) is 16.2. The van der Waals surface area contributed by atoms with Crippen LogP contribution in [-0.4, -0.2) is 26.7 Å². The van der Waals surface area contributed by atoms with E-state index < -0.39 is 0 Å². The molecule has 1 N–H and O–H groups in total. The highest BCUT2D eigenvalue weighted by Crippen LogP contribution is 2.37. The quantitative estimate of drug-likeness (QED) is 0.548. The zero-order valence-corrected chi connectivity index (χ0v) is 17.8. The first-order chi connectivity index (χ1) is 14.1. The fourth-order valence-electron chi connectivity index (χ4n) is 3.52. The van der Waals surface area contributed by atoms with Crippen LogP contribution in [0.4, 0.5) is 0 Å². The van der Waals surface area contributed by atoms with Gasteiger partial charge in [0, 0.05) is 22.8 Å². The van der Waals surface area contributed by atoms with Crippen LogP contribution in [0.2, 0.25) is 5.02 Å². The second-order valence-electron chi connectivity index (χ2n) is 6.88. The molecule has 0 bridgehead atoms. The largest absolute Gasteiger partial charge is 0.351 e. The van der Waals surface area contributed by atoms with E-state index in [0.717, 1.165) is 35.4 Å². The molecule has 2 heterocycles. The molecule has 1 aromatic heterocycles. The van der Waals surface area contributed by atoms with Crippen LogP contribution in [-0.2, 0) is 0 Å². The Kier molecular flexibility index (Phi) is 5.65. The van der Waals surface area contributed by atoms with Crippen LogP contribution < -0.4 is 5.32 Å². The summed E-state index contributed by atoms with van der Waals surface area (Å²) in [6.45, 7) is 5.00. The Balaban J connectivity index is 1.81. The van der Waals surface area contributed by atoms with Crippen molar-refractivity contribution in [2.75, 3.05) is 6.54 Å². The minimum atomic E-state index is -0.163.